The largest absolute Gasteiger partial charge is 0.495 e. The number of ether oxygens (including phenoxy) is 1. The van der Waals surface area contributed by atoms with Gasteiger partial charge in [0, 0.05) is 29.6 Å². The zero-order valence-corrected chi connectivity index (χ0v) is 14.9. The molecule has 0 aliphatic carbocycles. The first-order chi connectivity index (χ1) is 11.7. The standard InChI is InChI=1S/C20H23ClN2O/c1-3-23-13-16(17-6-4-5-7-19(17)23)10-15(12-22)14-8-9-20(24-2)18(21)11-14/h4-9,11,13,15H,3,10,12,22H2,1-2H3. The average Bonchev–Trinajstić information content (AvgIpc) is 2.97. The van der Waals surface area contributed by atoms with Crippen LogP contribution in [-0.2, 0) is 13.0 Å². The minimum Gasteiger partial charge on any atom is -0.495 e. The maximum absolute atomic E-state index is 6.29. The van der Waals surface area contributed by atoms with Gasteiger partial charge in [-0.1, -0.05) is 35.9 Å². The number of para-hydroxylation sites is 1. The molecule has 1 heterocycles. The molecule has 0 aliphatic rings. The summed E-state index contributed by atoms with van der Waals surface area (Å²) in [5.41, 5.74) is 9.83. The van der Waals surface area contributed by atoms with Gasteiger partial charge in [0.2, 0.25) is 0 Å². The molecule has 0 saturated carbocycles. The van der Waals surface area contributed by atoms with Crippen molar-refractivity contribution in [2.45, 2.75) is 25.8 Å². The number of rotatable bonds is 6. The van der Waals surface area contributed by atoms with E-state index >= 15 is 0 Å². The molecule has 0 bridgehead atoms. The summed E-state index contributed by atoms with van der Waals surface area (Å²) in [6.07, 6.45) is 3.14. The summed E-state index contributed by atoms with van der Waals surface area (Å²) in [6, 6.07) is 14.5. The summed E-state index contributed by atoms with van der Waals surface area (Å²) in [7, 11) is 1.63. The Labute approximate surface area is 148 Å². The molecule has 0 radical (unpaired) electrons. The third kappa shape index (κ3) is 3.14. The number of nitrogens with two attached hydrogens (primary N) is 1. The first-order valence-corrected chi connectivity index (χ1v) is 8.66. The van der Waals surface area contributed by atoms with Crippen LogP contribution < -0.4 is 10.5 Å². The van der Waals surface area contributed by atoms with E-state index in [-0.39, 0.29) is 5.92 Å². The van der Waals surface area contributed by atoms with Crippen molar-refractivity contribution in [3.8, 4) is 5.75 Å². The second kappa shape index (κ2) is 7.29. The van der Waals surface area contributed by atoms with E-state index in [0.717, 1.165) is 18.5 Å². The van der Waals surface area contributed by atoms with Crippen LogP contribution in [0.3, 0.4) is 0 Å². The first kappa shape index (κ1) is 16.9. The number of hydrogen-bond donors (Lipinski definition) is 1. The van der Waals surface area contributed by atoms with Crippen molar-refractivity contribution in [3.63, 3.8) is 0 Å². The van der Waals surface area contributed by atoms with Crippen LogP contribution in [0.1, 0.15) is 24.0 Å². The Morgan fingerprint density at radius 3 is 2.67 bits per heavy atom. The normalized spacial score (nSPS) is 12.5. The van der Waals surface area contributed by atoms with E-state index < -0.39 is 0 Å². The molecule has 3 aromatic rings. The van der Waals surface area contributed by atoms with Crippen LogP contribution in [0.25, 0.3) is 10.9 Å². The number of benzene rings is 2. The summed E-state index contributed by atoms with van der Waals surface area (Å²) in [4.78, 5) is 0. The number of aromatic nitrogens is 1. The Morgan fingerprint density at radius 2 is 2.00 bits per heavy atom. The van der Waals surface area contributed by atoms with Gasteiger partial charge in [-0.05, 0) is 49.2 Å². The molecular weight excluding hydrogens is 320 g/mol. The van der Waals surface area contributed by atoms with E-state index in [1.807, 2.05) is 12.1 Å². The molecule has 3 nitrogen and oxygen atoms in total. The zero-order valence-electron chi connectivity index (χ0n) is 14.1. The van der Waals surface area contributed by atoms with Gasteiger partial charge in [-0.25, -0.2) is 0 Å². The van der Waals surface area contributed by atoms with E-state index in [1.54, 1.807) is 7.11 Å². The second-order valence-corrected chi connectivity index (χ2v) is 6.40. The molecule has 0 aliphatic heterocycles. The molecule has 0 fully saturated rings. The predicted octanol–water partition coefficient (Wildman–Crippen LogP) is 4.61. The smallest absolute Gasteiger partial charge is 0.137 e. The van der Waals surface area contributed by atoms with Gasteiger partial charge in [0.25, 0.3) is 0 Å². The van der Waals surface area contributed by atoms with E-state index in [2.05, 4.69) is 48.0 Å². The van der Waals surface area contributed by atoms with Crippen LogP contribution in [0.15, 0.2) is 48.7 Å². The summed E-state index contributed by atoms with van der Waals surface area (Å²) < 4.78 is 7.53. The van der Waals surface area contributed by atoms with Crippen LogP contribution in [-0.4, -0.2) is 18.2 Å². The molecule has 2 N–H and O–H groups in total. The molecule has 4 heteroatoms. The fourth-order valence-corrected chi connectivity index (χ4v) is 3.55. The lowest BCUT2D eigenvalue weighted by Gasteiger charge is -2.16. The zero-order chi connectivity index (χ0) is 17.1. The van der Waals surface area contributed by atoms with Gasteiger partial charge in [0.05, 0.1) is 12.1 Å². The topological polar surface area (TPSA) is 40.2 Å². The molecule has 3 rings (SSSR count). The maximum atomic E-state index is 6.29. The SMILES string of the molecule is CCn1cc(CC(CN)c2ccc(OC)c(Cl)c2)c2ccccc21. The lowest BCUT2D eigenvalue weighted by atomic mass is 9.92. The Morgan fingerprint density at radius 1 is 1.21 bits per heavy atom. The van der Waals surface area contributed by atoms with E-state index in [9.17, 15) is 0 Å². The van der Waals surface area contributed by atoms with Crippen LogP contribution in [0.5, 0.6) is 5.75 Å². The third-order valence-corrected chi connectivity index (χ3v) is 4.91. The third-order valence-electron chi connectivity index (χ3n) is 4.61. The molecule has 0 spiro atoms. The number of hydrogen-bond acceptors (Lipinski definition) is 2. The van der Waals surface area contributed by atoms with Gasteiger partial charge in [0.1, 0.15) is 5.75 Å². The molecular formula is C20H23ClN2O. The number of fused-ring (bicyclic) bond motifs is 1. The van der Waals surface area contributed by atoms with Crippen LogP contribution in [0.2, 0.25) is 5.02 Å². The molecule has 1 unspecified atom stereocenters. The molecule has 2 aromatic carbocycles. The Hall–Kier alpha value is -1.97. The van der Waals surface area contributed by atoms with Crippen molar-refractivity contribution in [2.24, 2.45) is 5.73 Å². The predicted molar refractivity (Wildman–Crippen MR) is 101 cm³/mol. The van der Waals surface area contributed by atoms with Gasteiger partial charge in [-0.3, -0.25) is 0 Å². The number of methoxy groups -OCH3 is 1. The quantitative estimate of drug-likeness (QED) is 0.710. The van der Waals surface area contributed by atoms with Crippen molar-refractivity contribution in [2.75, 3.05) is 13.7 Å². The fourth-order valence-electron chi connectivity index (χ4n) is 3.29. The van der Waals surface area contributed by atoms with Crippen molar-refractivity contribution in [1.29, 1.82) is 0 Å². The Bertz CT molecular complexity index is 841. The number of nitrogens with zero attached hydrogens (tertiary/aromatic N) is 1. The summed E-state index contributed by atoms with van der Waals surface area (Å²) >= 11 is 6.29. The highest BCUT2D eigenvalue weighted by Gasteiger charge is 2.16. The molecule has 1 aromatic heterocycles. The minimum atomic E-state index is 0.226. The summed E-state index contributed by atoms with van der Waals surface area (Å²) in [6.45, 7) is 3.70. The highest BCUT2D eigenvalue weighted by atomic mass is 35.5. The van der Waals surface area contributed by atoms with Crippen LogP contribution >= 0.6 is 11.6 Å². The molecule has 126 valence electrons. The highest BCUT2D eigenvalue weighted by Crippen LogP contribution is 2.31. The monoisotopic (exact) mass is 342 g/mol. The van der Waals surface area contributed by atoms with Gasteiger partial charge in [-0.2, -0.15) is 0 Å². The van der Waals surface area contributed by atoms with Crippen LogP contribution in [0.4, 0.5) is 0 Å². The van der Waals surface area contributed by atoms with Crippen molar-refractivity contribution >= 4 is 22.5 Å². The lowest BCUT2D eigenvalue weighted by Crippen LogP contribution is -2.15. The summed E-state index contributed by atoms with van der Waals surface area (Å²) in [5.74, 6) is 0.920. The fraction of sp³-hybridized carbons (Fsp3) is 0.300. The van der Waals surface area contributed by atoms with Crippen molar-refractivity contribution in [3.05, 3.63) is 64.8 Å². The molecule has 24 heavy (non-hydrogen) atoms. The lowest BCUT2D eigenvalue weighted by molar-refractivity contribution is 0.414. The Kier molecular flexibility index (Phi) is 5.12. The number of aryl methyl sites for hydroxylation is 1. The Balaban J connectivity index is 1.95. The average molecular weight is 343 g/mol. The van der Waals surface area contributed by atoms with Crippen molar-refractivity contribution in [1.82, 2.24) is 4.57 Å². The highest BCUT2D eigenvalue weighted by molar-refractivity contribution is 6.32. The van der Waals surface area contributed by atoms with Gasteiger partial charge in [-0.15, -0.1) is 0 Å². The van der Waals surface area contributed by atoms with Crippen molar-refractivity contribution < 1.29 is 4.74 Å². The minimum absolute atomic E-state index is 0.226. The van der Waals surface area contributed by atoms with E-state index in [4.69, 9.17) is 22.1 Å². The molecule has 0 amide bonds. The van der Waals surface area contributed by atoms with E-state index in [1.165, 1.54) is 16.5 Å². The maximum Gasteiger partial charge on any atom is 0.137 e. The van der Waals surface area contributed by atoms with Gasteiger partial charge in [0.15, 0.2) is 0 Å². The van der Waals surface area contributed by atoms with Gasteiger partial charge >= 0.3 is 0 Å². The van der Waals surface area contributed by atoms with E-state index in [0.29, 0.717) is 17.3 Å². The first-order valence-electron chi connectivity index (χ1n) is 8.28. The second-order valence-electron chi connectivity index (χ2n) is 5.99. The number of halogens is 1. The van der Waals surface area contributed by atoms with Gasteiger partial charge < -0.3 is 15.0 Å². The molecule has 1 atom stereocenters. The van der Waals surface area contributed by atoms with Crippen LogP contribution in [0, 0.1) is 0 Å². The molecule has 0 saturated heterocycles. The summed E-state index contributed by atoms with van der Waals surface area (Å²) in [5, 5.41) is 1.93.